The van der Waals surface area contributed by atoms with E-state index in [0.29, 0.717) is 0 Å². The van der Waals surface area contributed by atoms with Crippen LogP contribution in [0, 0.1) is 0 Å². The van der Waals surface area contributed by atoms with Crippen molar-refractivity contribution in [3.8, 4) is 0 Å². The van der Waals surface area contributed by atoms with E-state index in [2.05, 4.69) is 25.6 Å². The molecule has 1 unspecified atom stereocenters. The fourth-order valence-electron chi connectivity index (χ4n) is 2.54. The molecule has 0 radical (unpaired) electrons. The Morgan fingerprint density at radius 2 is 2.28 bits per heavy atom. The fourth-order valence-corrected chi connectivity index (χ4v) is 2.54. The minimum absolute atomic E-state index is 0.0515. The first-order valence-electron chi connectivity index (χ1n) is 5.90. The van der Waals surface area contributed by atoms with Gasteiger partial charge < -0.3 is 10.3 Å². The number of hydrogen-bond donors (Lipinski definition) is 2. The summed E-state index contributed by atoms with van der Waals surface area (Å²) in [5.74, 6) is 0. The largest absolute Gasteiger partial charge is 0.348 e. The van der Waals surface area contributed by atoms with E-state index >= 15 is 0 Å². The third-order valence-corrected chi connectivity index (χ3v) is 3.38. The summed E-state index contributed by atoms with van der Waals surface area (Å²) < 4.78 is 4.81. The number of nitrogens with one attached hydrogen (secondary N) is 2. The molecule has 2 N–H and O–H groups in total. The highest BCUT2D eigenvalue weighted by atomic mass is 16.6. The average molecular weight is 241 g/mol. The van der Waals surface area contributed by atoms with Crippen LogP contribution in [0.25, 0.3) is 11.0 Å². The molecule has 0 fully saturated rings. The number of benzene rings is 1. The number of aromatic nitrogens is 4. The van der Waals surface area contributed by atoms with E-state index in [0.717, 1.165) is 35.3 Å². The predicted molar refractivity (Wildman–Crippen MR) is 63.9 cm³/mol. The molecular weight excluding hydrogens is 230 g/mol. The fraction of sp³-hybridized carbons (Fsp3) is 0.250. The molecule has 0 aliphatic carbocycles. The van der Waals surface area contributed by atoms with Gasteiger partial charge in [0.25, 0.3) is 0 Å². The van der Waals surface area contributed by atoms with Gasteiger partial charge in [-0.2, -0.15) is 0 Å². The van der Waals surface area contributed by atoms with Crippen molar-refractivity contribution in [2.45, 2.75) is 12.5 Å². The molecule has 0 bridgehead atoms. The van der Waals surface area contributed by atoms with Gasteiger partial charge in [-0.1, -0.05) is 12.1 Å². The van der Waals surface area contributed by atoms with Crippen molar-refractivity contribution in [2.24, 2.45) is 0 Å². The topological polar surface area (TPSA) is 79.6 Å². The van der Waals surface area contributed by atoms with Gasteiger partial charge in [0.05, 0.1) is 18.1 Å². The maximum absolute atomic E-state index is 4.81. The molecule has 90 valence electrons. The van der Waals surface area contributed by atoms with Gasteiger partial charge in [-0.05, 0) is 16.4 Å². The van der Waals surface area contributed by atoms with E-state index < -0.39 is 0 Å². The highest BCUT2D eigenvalue weighted by molar-refractivity contribution is 5.78. The van der Waals surface area contributed by atoms with Gasteiger partial charge in [0.2, 0.25) is 0 Å². The lowest BCUT2D eigenvalue weighted by atomic mass is 9.97. The van der Waals surface area contributed by atoms with Crippen LogP contribution in [0.15, 0.2) is 29.2 Å². The van der Waals surface area contributed by atoms with E-state index in [1.54, 1.807) is 6.33 Å². The summed E-state index contributed by atoms with van der Waals surface area (Å²) in [5.41, 5.74) is 4.86. The van der Waals surface area contributed by atoms with E-state index in [9.17, 15) is 0 Å². The second kappa shape index (κ2) is 3.64. The first-order valence-corrected chi connectivity index (χ1v) is 5.90. The molecule has 3 aromatic rings. The summed E-state index contributed by atoms with van der Waals surface area (Å²) >= 11 is 0. The van der Waals surface area contributed by atoms with Gasteiger partial charge >= 0.3 is 0 Å². The minimum atomic E-state index is 0.0515. The first kappa shape index (κ1) is 9.78. The van der Waals surface area contributed by atoms with Gasteiger partial charge in [0.1, 0.15) is 11.0 Å². The summed E-state index contributed by atoms with van der Waals surface area (Å²) in [5, 5.41) is 11.3. The number of imidazole rings is 1. The van der Waals surface area contributed by atoms with Crippen molar-refractivity contribution >= 4 is 11.0 Å². The number of nitrogens with zero attached hydrogens (tertiary/aromatic N) is 3. The molecule has 0 saturated heterocycles. The second-order valence-electron chi connectivity index (χ2n) is 4.38. The van der Waals surface area contributed by atoms with Gasteiger partial charge in [-0.15, -0.1) is 0 Å². The number of fused-ring (bicyclic) bond motifs is 2. The summed E-state index contributed by atoms with van der Waals surface area (Å²) in [6.45, 7) is 0.918. The van der Waals surface area contributed by atoms with E-state index in [4.69, 9.17) is 4.63 Å². The van der Waals surface area contributed by atoms with Crippen molar-refractivity contribution in [1.82, 2.24) is 25.6 Å². The molecule has 4 rings (SSSR count). The van der Waals surface area contributed by atoms with Gasteiger partial charge in [-0.25, -0.2) is 9.61 Å². The average Bonchev–Trinajstić information content (AvgIpc) is 3.06. The maximum atomic E-state index is 4.81. The van der Waals surface area contributed by atoms with Gasteiger partial charge in [-0.3, -0.25) is 0 Å². The summed E-state index contributed by atoms with van der Waals surface area (Å²) in [4.78, 5) is 7.60. The lowest BCUT2D eigenvalue weighted by Crippen LogP contribution is -2.30. The van der Waals surface area contributed by atoms with Crippen LogP contribution in [0.4, 0.5) is 0 Å². The molecular formula is C12H11N5O. The first-order chi connectivity index (χ1) is 8.93. The van der Waals surface area contributed by atoms with Crippen molar-refractivity contribution in [2.75, 3.05) is 6.54 Å². The number of hydrogen-bond acceptors (Lipinski definition) is 5. The van der Waals surface area contributed by atoms with Crippen LogP contribution in [0.3, 0.4) is 0 Å². The third kappa shape index (κ3) is 1.29. The smallest absolute Gasteiger partial charge is 0.140 e. The van der Waals surface area contributed by atoms with Crippen LogP contribution in [-0.4, -0.2) is 26.8 Å². The zero-order valence-corrected chi connectivity index (χ0v) is 9.55. The summed E-state index contributed by atoms with van der Waals surface area (Å²) in [6.07, 6.45) is 2.71. The Balaban J connectivity index is 1.92. The molecule has 3 heterocycles. The van der Waals surface area contributed by atoms with Gasteiger partial charge in [0.15, 0.2) is 0 Å². The molecule has 1 aliphatic rings. The van der Waals surface area contributed by atoms with Crippen LogP contribution in [0.2, 0.25) is 0 Å². The highest BCUT2D eigenvalue weighted by Crippen LogP contribution is 2.29. The second-order valence-corrected chi connectivity index (χ2v) is 4.38. The molecule has 0 amide bonds. The lowest BCUT2D eigenvalue weighted by Gasteiger charge is -2.23. The minimum Gasteiger partial charge on any atom is -0.348 e. The van der Waals surface area contributed by atoms with E-state index in [1.807, 2.05) is 18.2 Å². The standard InChI is InChI=1S/C12H11N5O/c1-2-7(10-9(3-1)16-18-17-10)11-12-8(4-5-13-11)14-6-15-12/h1-3,6,11,13H,4-5H2,(H,14,15). The molecule has 18 heavy (non-hydrogen) atoms. The van der Waals surface area contributed by atoms with Crippen LogP contribution >= 0.6 is 0 Å². The summed E-state index contributed by atoms with van der Waals surface area (Å²) in [6, 6.07) is 5.94. The molecule has 0 saturated carbocycles. The van der Waals surface area contributed by atoms with E-state index in [-0.39, 0.29) is 6.04 Å². The highest BCUT2D eigenvalue weighted by Gasteiger charge is 2.26. The Labute approximate surface area is 102 Å². The predicted octanol–water partition coefficient (Wildman–Crippen LogP) is 1.18. The van der Waals surface area contributed by atoms with Gasteiger partial charge in [0, 0.05) is 24.2 Å². The molecule has 6 nitrogen and oxygen atoms in total. The molecule has 1 aliphatic heterocycles. The van der Waals surface area contributed by atoms with Crippen LogP contribution < -0.4 is 5.32 Å². The molecule has 1 atom stereocenters. The SMILES string of the molecule is c1cc(C2NCCc3[nH]cnc32)c2nonc2c1. The molecule has 0 spiro atoms. The lowest BCUT2D eigenvalue weighted by molar-refractivity contribution is 0.315. The normalized spacial score (nSPS) is 19.0. The molecule has 1 aromatic carbocycles. The summed E-state index contributed by atoms with van der Waals surface area (Å²) in [7, 11) is 0. The zero-order chi connectivity index (χ0) is 11.9. The molecule has 2 aromatic heterocycles. The van der Waals surface area contributed by atoms with Crippen LogP contribution in [-0.2, 0) is 6.42 Å². The monoisotopic (exact) mass is 241 g/mol. The number of aromatic amines is 1. The zero-order valence-electron chi connectivity index (χ0n) is 9.55. The Kier molecular flexibility index (Phi) is 1.98. The van der Waals surface area contributed by atoms with E-state index in [1.165, 1.54) is 5.69 Å². The van der Waals surface area contributed by atoms with Crippen molar-refractivity contribution in [3.63, 3.8) is 0 Å². The number of rotatable bonds is 1. The molecule has 6 heteroatoms. The Morgan fingerprint density at radius 1 is 1.28 bits per heavy atom. The van der Waals surface area contributed by atoms with Crippen molar-refractivity contribution in [3.05, 3.63) is 41.5 Å². The Hall–Kier alpha value is -2.21. The van der Waals surface area contributed by atoms with Crippen LogP contribution in [0.5, 0.6) is 0 Å². The maximum Gasteiger partial charge on any atom is 0.140 e. The Morgan fingerprint density at radius 3 is 3.28 bits per heavy atom. The quantitative estimate of drug-likeness (QED) is 0.668. The van der Waals surface area contributed by atoms with Crippen molar-refractivity contribution < 1.29 is 4.63 Å². The van der Waals surface area contributed by atoms with Crippen LogP contribution in [0.1, 0.15) is 23.0 Å². The third-order valence-electron chi connectivity index (χ3n) is 3.38. The van der Waals surface area contributed by atoms with Crippen molar-refractivity contribution in [1.29, 1.82) is 0 Å². The number of H-pyrrole nitrogens is 1. The Bertz CT molecular complexity index is 701.